The van der Waals surface area contributed by atoms with Gasteiger partial charge in [0.05, 0.1) is 12.9 Å². The number of nitrogen functional groups attached to an aromatic ring is 1. The zero-order valence-electron chi connectivity index (χ0n) is 14.2. The fraction of sp³-hybridized carbons (Fsp3) is 0.688. The number of fused-ring (bicyclic) bond motifs is 1. The van der Waals surface area contributed by atoms with Crippen LogP contribution in [0.4, 0.5) is 5.82 Å². The highest BCUT2D eigenvalue weighted by Gasteiger charge is 2.44. The van der Waals surface area contributed by atoms with Crippen molar-refractivity contribution >= 4 is 17.0 Å². The molecule has 2 unspecified atom stereocenters. The molecule has 0 bridgehead atoms. The number of nitrogens with two attached hydrogens (primary N) is 1. The van der Waals surface area contributed by atoms with E-state index in [1.54, 1.807) is 0 Å². The Kier molecular flexibility index (Phi) is 4.65. The van der Waals surface area contributed by atoms with E-state index in [4.69, 9.17) is 15.2 Å². The standard InChI is InChI=1S/C16H23N5O5/c17-13-10-14(20-16(19-13)25-8-4-2-1-3-5-8)21(7-18-10)15-12(24)11(23)9(6-22)26-15/h7-9,11-12,15,22-24H,1-6H2,(H2,17,19,20)/t9-,11?,12?,15-/m1/s1. The number of aliphatic hydroxyl groups excluding tert-OH is 3. The molecule has 4 atom stereocenters. The van der Waals surface area contributed by atoms with Gasteiger partial charge in [-0.25, -0.2) is 4.98 Å². The van der Waals surface area contributed by atoms with Crippen molar-refractivity contribution in [2.45, 2.75) is 62.7 Å². The second-order valence-corrected chi connectivity index (χ2v) is 6.82. The van der Waals surface area contributed by atoms with Gasteiger partial charge < -0.3 is 30.5 Å². The van der Waals surface area contributed by atoms with Crippen LogP contribution in [0.25, 0.3) is 11.2 Å². The van der Waals surface area contributed by atoms with Crippen LogP contribution in [-0.4, -0.2) is 65.9 Å². The van der Waals surface area contributed by atoms with E-state index in [0.717, 1.165) is 25.7 Å². The molecule has 1 aliphatic carbocycles. The lowest BCUT2D eigenvalue weighted by molar-refractivity contribution is -0.0511. The van der Waals surface area contributed by atoms with Gasteiger partial charge in [-0.05, 0) is 25.7 Å². The first-order valence-corrected chi connectivity index (χ1v) is 8.87. The summed E-state index contributed by atoms with van der Waals surface area (Å²) in [6, 6.07) is 0.162. The molecule has 1 aliphatic heterocycles. The Morgan fingerprint density at radius 3 is 2.65 bits per heavy atom. The summed E-state index contributed by atoms with van der Waals surface area (Å²) in [5.74, 6) is 0.173. The minimum atomic E-state index is -1.23. The highest BCUT2D eigenvalue weighted by molar-refractivity contribution is 5.82. The highest BCUT2D eigenvalue weighted by Crippen LogP contribution is 2.32. The number of anilines is 1. The second kappa shape index (κ2) is 6.95. The normalized spacial score (nSPS) is 30.1. The van der Waals surface area contributed by atoms with E-state index in [9.17, 15) is 15.3 Å². The summed E-state index contributed by atoms with van der Waals surface area (Å²) in [5.41, 5.74) is 6.70. The SMILES string of the molecule is Nc1nc(OC2CCCCC2)nc2c1ncn2[C@@H]1O[C@H](CO)C(O)C1O. The Morgan fingerprint density at radius 1 is 1.19 bits per heavy atom. The molecule has 0 aromatic carbocycles. The van der Waals surface area contributed by atoms with Crippen LogP contribution in [-0.2, 0) is 4.74 Å². The van der Waals surface area contributed by atoms with Crippen LogP contribution in [0.5, 0.6) is 6.01 Å². The van der Waals surface area contributed by atoms with Gasteiger partial charge in [0.15, 0.2) is 23.2 Å². The fourth-order valence-electron chi connectivity index (χ4n) is 3.60. The molecule has 0 spiro atoms. The number of hydrogen-bond donors (Lipinski definition) is 4. The molecule has 10 heteroatoms. The van der Waals surface area contributed by atoms with Gasteiger partial charge in [0.2, 0.25) is 0 Å². The second-order valence-electron chi connectivity index (χ2n) is 6.82. The quantitative estimate of drug-likeness (QED) is 0.574. The van der Waals surface area contributed by atoms with E-state index in [-0.39, 0.29) is 17.9 Å². The van der Waals surface area contributed by atoms with Crippen molar-refractivity contribution in [1.29, 1.82) is 0 Å². The molecule has 5 N–H and O–H groups in total. The van der Waals surface area contributed by atoms with Crippen molar-refractivity contribution in [2.24, 2.45) is 0 Å². The summed E-state index contributed by atoms with van der Waals surface area (Å²) in [5, 5.41) is 29.5. The van der Waals surface area contributed by atoms with Crippen LogP contribution in [0, 0.1) is 0 Å². The summed E-state index contributed by atoms with van der Waals surface area (Å²) < 4.78 is 12.9. The van der Waals surface area contributed by atoms with Gasteiger partial charge in [-0.3, -0.25) is 4.57 Å². The molecule has 1 saturated carbocycles. The van der Waals surface area contributed by atoms with Crippen LogP contribution in [0.3, 0.4) is 0 Å². The zero-order chi connectivity index (χ0) is 18.3. The first-order valence-electron chi connectivity index (χ1n) is 8.87. The summed E-state index contributed by atoms with van der Waals surface area (Å²) in [6.07, 6.45) is 2.55. The predicted octanol–water partition coefficient (Wildman–Crippen LogP) is -0.269. The van der Waals surface area contributed by atoms with Gasteiger partial charge in [0.1, 0.15) is 24.4 Å². The lowest BCUT2D eigenvalue weighted by atomic mass is 9.98. The number of imidazole rings is 1. The van der Waals surface area contributed by atoms with E-state index in [1.165, 1.54) is 17.3 Å². The maximum Gasteiger partial charge on any atom is 0.320 e. The van der Waals surface area contributed by atoms with E-state index in [0.29, 0.717) is 11.2 Å². The Bertz CT molecular complexity index is 778. The number of rotatable bonds is 4. The number of aliphatic hydroxyl groups is 3. The van der Waals surface area contributed by atoms with Crippen molar-refractivity contribution in [3.8, 4) is 6.01 Å². The van der Waals surface area contributed by atoms with Gasteiger partial charge in [-0.2, -0.15) is 9.97 Å². The Balaban J connectivity index is 1.66. The predicted molar refractivity (Wildman–Crippen MR) is 90.2 cm³/mol. The van der Waals surface area contributed by atoms with E-state index in [2.05, 4.69) is 15.0 Å². The van der Waals surface area contributed by atoms with Crippen molar-refractivity contribution < 1.29 is 24.8 Å². The molecule has 2 aromatic rings. The van der Waals surface area contributed by atoms with Crippen LogP contribution in [0.15, 0.2) is 6.33 Å². The van der Waals surface area contributed by atoms with Gasteiger partial charge in [-0.15, -0.1) is 0 Å². The number of ether oxygens (including phenoxy) is 2. The molecule has 142 valence electrons. The molecule has 3 heterocycles. The smallest absolute Gasteiger partial charge is 0.320 e. The molecule has 0 amide bonds. The Hall–Kier alpha value is -2.01. The maximum atomic E-state index is 10.2. The number of hydrogen-bond acceptors (Lipinski definition) is 9. The van der Waals surface area contributed by atoms with Crippen molar-refractivity contribution in [2.75, 3.05) is 12.3 Å². The van der Waals surface area contributed by atoms with E-state index in [1.807, 2.05) is 0 Å². The molecule has 0 radical (unpaired) electrons. The average Bonchev–Trinajstić information content (AvgIpc) is 3.18. The third-order valence-corrected chi connectivity index (χ3v) is 5.04. The van der Waals surface area contributed by atoms with Crippen LogP contribution in [0.1, 0.15) is 38.3 Å². The van der Waals surface area contributed by atoms with Gasteiger partial charge in [0.25, 0.3) is 0 Å². The van der Waals surface area contributed by atoms with Crippen molar-refractivity contribution in [1.82, 2.24) is 19.5 Å². The lowest BCUT2D eigenvalue weighted by Crippen LogP contribution is -2.33. The molecule has 4 rings (SSSR count). The Morgan fingerprint density at radius 2 is 1.96 bits per heavy atom. The largest absolute Gasteiger partial charge is 0.460 e. The van der Waals surface area contributed by atoms with Crippen molar-refractivity contribution in [3.05, 3.63) is 6.33 Å². The first kappa shape index (κ1) is 17.4. The minimum Gasteiger partial charge on any atom is -0.460 e. The van der Waals surface area contributed by atoms with Gasteiger partial charge in [-0.1, -0.05) is 6.42 Å². The summed E-state index contributed by atoms with van der Waals surface area (Å²) in [4.78, 5) is 12.8. The fourth-order valence-corrected chi connectivity index (χ4v) is 3.60. The topological polar surface area (TPSA) is 149 Å². The molecule has 10 nitrogen and oxygen atoms in total. The lowest BCUT2D eigenvalue weighted by Gasteiger charge is -2.22. The summed E-state index contributed by atoms with van der Waals surface area (Å²) >= 11 is 0. The minimum absolute atomic E-state index is 0.0610. The van der Waals surface area contributed by atoms with E-state index >= 15 is 0 Å². The summed E-state index contributed by atoms with van der Waals surface area (Å²) in [7, 11) is 0. The molecule has 2 fully saturated rings. The average molecular weight is 365 g/mol. The monoisotopic (exact) mass is 365 g/mol. The molecular weight excluding hydrogens is 342 g/mol. The van der Waals surface area contributed by atoms with Crippen molar-refractivity contribution in [3.63, 3.8) is 0 Å². The maximum absolute atomic E-state index is 10.2. The van der Waals surface area contributed by atoms with Gasteiger partial charge in [0, 0.05) is 0 Å². The van der Waals surface area contributed by atoms with Gasteiger partial charge >= 0.3 is 6.01 Å². The number of aromatic nitrogens is 4. The third kappa shape index (κ3) is 2.98. The highest BCUT2D eigenvalue weighted by atomic mass is 16.6. The zero-order valence-corrected chi connectivity index (χ0v) is 14.2. The molecular formula is C16H23N5O5. The first-order chi connectivity index (χ1) is 12.6. The molecule has 2 aromatic heterocycles. The molecule has 26 heavy (non-hydrogen) atoms. The Labute approximate surface area is 149 Å². The summed E-state index contributed by atoms with van der Waals surface area (Å²) in [6.45, 7) is -0.408. The van der Waals surface area contributed by atoms with Crippen LogP contribution >= 0.6 is 0 Å². The number of nitrogens with zero attached hydrogens (tertiary/aromatic N) is 4. The van der Waals surface area contributed by atoms with Crippen LogP contribution < -0.4 is 10.5 Å². The van der Waals surface area contributed by atoms with E-state index < -0.39 is 31.1 Å². The molecule has 1 saturated heterocycles. The molecule has 2 aliphatic rings. The van der Waals surface area contributed by atoms with Crippen LogP contribution in [0.2, 0.25) is 0 Å². The third-order valence-electron chi connectivity index (χ3n) is 5.04.